The molecule has 1 aromatic carbocycles. The van der Waals surface area contributed by atoms with Gasteiger partial charge in [0.1, 0.15) is 5.75 Å². The summed E-state index contributed by atoms with van der Waals surface area (Å²) >= 11 is 0. The third-order valence-electron chi connectivity index (χ3n) is 5.20. The molecule has 0 aromatic heterocycles. The topological polar surface area (TPSA) is 66.8 Å². The van der Waals surface area contributed by atoms with E-state index in [0.29, 0.717) is 44.0 Å². The van der Waals surface area contributed by atoms with Crippen molar-refractivity contribution in [2.75, 3.05) is 13.1 Å². The number of nitrogens with zero attached hydrogens (tertiary/aromatic N) is 1. The van der Waals surface area contributed by atoms with Crippen LogP contribution in [-0.4, -0.2) is 40.6 Å². The molecule has 5 nitrogen and oxygen atoms in total. The predicted octanol–water partition coefficient (Wildman–Crippen LogP) is 3.18. The second-order valence-corrected chi connectivity index (χ2v) is 7.07. The number of amides is 1. The van der Waals surface area contributed by atoms with Gasteiger partial charge in [-0.2, -0.15) is 0 Å². The second-order valence-electron chi connectivity index (χ2n) is 7.07. The lowest BCUT2D eigenvalue weighted by Gasteiger charge is -2.39. The summed E-state index contributed by atoms with van der Waals surface area (Å²) in [7, 11) is 0. The number of aryl methyl sites for hydroxylation is 1. The minimum Gasteiger partial charge on any atom is -0.478 e. The number of allylic oxidation sites excluding steroid dienone is 2. The van der Waals surface area contributed by atoms with Gasteiger partial charge in [0.15, 0.2) is 0 Å². The highest BCUT2D eigenvalue weighted by molar-refractivity contribution is 5.80. The minimum absolute atomic E-state index is 0.117. The van der Waals surface area contributed by atoms with E-state index in [2.05, 4.69) is 12.2 Å². The van der Waals surface area contributed by atoms with Crippen LogP contribution in [0.15, 0.2) is 36.4 Å². The number of carbonyl (C=O) groups is 2. The molecule has 25 heavy (non-hydrogen) atoms. The highest BCUT2D eigenvalue weighted by atomic mass is 16.5. The molecule has 0 spiro atoms. The van der Waals surface area contributed by atoms with E-state index in [1.54, 1.807) is 17.0 Å². The van der Waals surface area contributed by atoms with E-state index in [9.17, 15) is 14.7 Å². The monoisotopic (exact) mass is 343 g/mol. The van der Waals surface area contributed by atoms with Crippen molar-refractivity contribution in [2.24, 2.45) is 5.92 Å². The molecule has 0 saturated carbocycles. The number of hydrogen-bond acceptors (Lipinski definition) is 3. The number of carboxylic acid groups (broad SMARTS) is 1. The van der Waals surface area contributed by atoms with Crippen LogP contribution >= 0.6 is 0 Å². The summed E-state index contributed by atoms with van der Waals surface area (Å²) in [4.78, 5) is 26.1. The minimum atomic E-state index is -1.25. The molecule has 1 aliphatic heterocycles. The van der Waals surface area contributed by atoms with Crippen molar-refractivity contribution in [3.05, 3.63) is 42.0 Å². The second kappa shape index (κ2) is 7.30. The van der Waals surface area contributed by atoms with Crippen LogP contribution in [0.5, 0.6) is 5.75 Å². The SMILES string of the molecule is Cc1ccc(OC2(C(=O)O)CCN(C(=O)C[C@@H]3C=CCC3)CC2)cc1. The van der Waals surface area contributed by atoms with E-state index >= 15 is 0 Å². The summed E-state index contributed by atoms with van der Waals surface area (Å²) < 4.78 is 5.87. The number of aliphatic carboxylic acids is 1. The first-order valence-corrected chi connectivity index (χ1v) is 8.92. The Kier molecular flexibility index (Phi) is 5.11. The Hall–Kier alpha value is -2.30. The molecule has 1 saturated heterocycles. The van der Waals surface area contributed by atoms with Gasteiger partial charge in [0, 0.05) is 32.4 Å². The van der Waals surface area contributed by atoms with Crippen molar-refractivity contribution in [2.45, 2.75) is 44.6 Å². The normalized spacial score (nSPS) is 22.0. The molecule has 1 heterocycles. The first-order chi connectivity index (χ1) is 12.0. The van der Waals surface area contributed by atoms with Crippen molar-refractivity contribution >= 4 is 11.9 Å². The van der Waals surface area contributed by atoms with Crippen LogP contribution < -0.4 is 4.74 Å². The third kappa shape index (κ3) is 4.03. The maximum atomic E-state index is 12.4. The first kappa shape index (κ1) is 17.5. The fourth-order valence-corrected chi connectivity index (χ4v) is 3.53. The lowest BCUT2D eigenvalue weighted by molar-refractivity contribution is -0.162. The van der Waals surface area contributed by atoms with Crippen LogP contribution in [0.2, 0.25) is 0 Å². The number of carbonyl (C=O) groups excluding carboxylic acids is 1. The van der Waals surface area contributed by atoms with Crippen molar-refractivity contribution < 1.29 is 19.4 Å². The fourth-order valence-electron chi connectivity index (χ4n) is 3.53. The molecule has 0 radical (unpaired) electrons. The van der Waals surface area contributed by atoms with Gasteiger partial charge in [-0.1, -0.05) is 29.8 Å². The molecule has 2 aliphatic rings. The van der Waals surface area contributed by atoms with Crippen molar-refractivity contribution in [1.29, 1.82) is 0 Å². The molecule has 134 valence electrons. The number of rotatable bonds is 5. The molecule has 1 atom stereocenters. The van der Waals surface area contributed by atoms with Gasteiger partial charge in [-0.3, -0.25) is 4.79 Å². The van der Waals surface area contributed by atoms with Gasteiger partial charge in [0.05, 0.1) is 0 Å². The largest absolute Gasteiger partial charge is 0.478 e. The number of benzene rings is 1. The number of piperidine rings is 1. The Bertz CT molecular complexity index is 657. The van der Waals surface area contributed by atoms with E-state index in [4.69, 9.17) is 4.74 Å². The van der Waals surface area contributed by atoms with Crippen LogP contribution in [0.4, 0.5) is 0 Å². The van der Waals surface area contributed by atoms with Gasteiger partial charge < -0.3 is 14.7 Å². The maximum absolute atomic E-state index is 12.4. The molecule has 3 rings (SSSR count). The average Bonchev–Trinajstić information content (AvgIpc) is 3.10. The lowest BCUT2D eigenvalue weighted by Crippen LogP contribution is -2.54. The first-order valence-electron chi connectivity index (χ1n) is 8.92. The Labute approximate surface area is 148 Å². The van der Waals surface area contributed by atoms with Crippen molar-refractivity contribution in [3.8, 4) is 5.75 Å². The average molecular weight is 343 g/mol. The number of likely N-dealkylation sites (tertiary alicyclic amines) is 1. The maximum Gasteiger partial charge on any atom is 0.348 e. The van der Waals surface area contributed by atoms with Crippen LogP contribution in [0.1, 0.15) is 37.7 Å². The zero-order chi connectivity index (χ0) is 17.9. The van der Waals surface area contributed by atoms with E-state index in [1.807, 2.05) is 19.1 Å². The summed E-state index contributed by atoms with van der Waals surface area (Å²) in [6, 6.07) is 7.39. The molecule has 0 bridgehead atoms. The third-order valence-corrected chi connectivity index (χ3v) is 5.20. The van der Waals surface area contributed by atoms with E-state index in [0.717, 1.165) is 18.4 Å². The van der Waals surface area contributed by atoms with Gasteiger partial charge in [-0.05, 0) is 37.8 Å². The highest BCUT2D eigenvalue weighted by Gasteiger charge is 2.45. The summed E-state index contributed by atoms with van der Waals surface area (Å²) in [5.41, 5.74) is -0.155. The lowest BCUT2D eigenvalue weighted by atomic mass is 9.90. The van der Waals surface area contributed by atoms with E-state index in [1.165, 1.54) is 0 Å². The zero-order valence-electron chi connectivity index (χ0n) is 14.6. The van der Waals surface area contributed by atoms with E-state index in [-0.39, 0.29) is 5.91 Å². The van der Waals surface area contributed by atoms with E-state index < -0.39 is 11.6 Å². The number of hydrogen-bond donors (Lipinski definition) is 1. The van der Waals surface area contributed by atoms with Crippen LogP contribution in [0.3, 0.4) is 0 Å². The van der Waals surface area contributed by atoms with Crippen LogP contribution in [0, 0.1) is 12.8 Å². The highest BCUT2D eigenvalue weighted by Crippen LogP contribution is 2.30. The molecular formula is C20H25NO4. The molecule has 1 aliphatic carbocycles. The number of ether oxygens (including phenoxy) is 1. The molecule has 1 aromatic rings. The van der Waals surface area contributed by atoms with Gasteiger partial charge in [0.2, 0.25) is 11.5 Å². The Morgan fingerprint density at radius 1 is 1.24 bits per heavy atom. The quantitative estimate of drug-likeness (QED) is 0.834. The Morgan fingerprint density at radius 2 is 1.92 bits per heavy atom. The molecule has 0 unspecified atom stereocenters. The van der Waals surface area contributed by atoms with Gasteiger partial charge >= 0.3 is 5.97 Å². The smallest absolute Gasteiger partial charge is 0.348 e. The molecule has 1 amide bonds. The Morgan fingerprint density at radius 3 is 2.48 bits per heavy atom. The molecule has 1 fully saturated rings. The standard InChI is InChI=1S/C20H25NO4/c1-15-6-8-17(9-7-15)25-20(19(23)24)10-12-21(13-11-20)18(22)14-16-4-2-3-5-16/h2,4,6-9,16H,3,5,10-14H2,1H3,(H,23,24)/t16-/m1/s1. The summed E-state index contributed by atoms with van der Waals surface area (Å²) in [6.45, 7) is 2.82. The summed E-state index contributed by atoms with van der Waals surface area (Å²) in [5.74, 6) is 0.0520. The number of carboxylic acids is 1. The molecule has 1 N–H and O–H groups in total. The Balaban J connectivity index is 1.61. The summed E-state index contributed by atoms with van der Waals surface area (Å²) in [5, 5.41) is 9.72. The fraction of sp³-hybridized carbons (Fsp3) is 0.500. The molecule has 5 heteroatoms. The van der Waals surface area contributed by atoms with Gasteiger partial charge in [-0.15, -0.1) is 0 Å². The molecular weight excluding hydrogens is 318 g/mol. The van der Waals surface area contributed by atoms with Crippen LogP contribution in [-0.2, 0) is 9.59 Å². The zero-order valence-corrected chi connectivity index (χ0v) is 14.6. The van der Waals surface area contributed by atoms with Crippen LogP contribution in [0.25, 0.3) is 0 Å². The van der Waals surface area contributed by atoms with Gasteiger partial charge in [0.25, 0.3) is 0 Å². The van der Waals surface area contributed by atoms with Crippen molar-refractivity contribution in [3.63, 3.8) is 0 Å². The van der Waals surface area contributed by atoms with Gasteiger partial charge in [-0.25, -0.2) is 4.79 Å². The predicted molar refractivity (Wildman–Crippen MR) is 94.5 cm³/mol. The van der Waals surface area contributed by atoms with Crippen molar-refractivity contribution in [1.82, 2.24) is 4.90 Å². The summed E-state index contributed by atoms with van der Waals surface area (Å²) in [6.07, 6.45) is 7.46.